The van der Waals surface area contributed by atoms with Crippen LogP contribution in [0.1, 0.15) is 67.9 Å². The Balaban J connectivity index is 2.00. The number of thiazole rings is 1. The number of hydrogen-bond donors (Lipinski definition) is 0. The van der Waals surface area contributed by atoms with Gasteiger partial charge in [0.15, 0.2) is 0 Å². The lowest BCUT2D eigenvalue weighted by atomic mass is 10.1. The van der Waals surface area contributed by atoms with E-state index in [2.05, 4.69) is 23.7 Å². The first kappa shape index (κ1) is 27.3. The molecule has 1 aromatic heterocycles. The largest absolute Gasteiger partial charge is 0.333 e. The Morgan fingerprint density at radius 1 is 1.06 bits per heavy atom. The average molecular weight is 503 g/mol. The Bertz CT molecular complexity index is 1010. The van der Waals surface area contributed by atoms with E-state index in [0.717, 1.165) is 32.5 Å². The molecular weight excluding hydrogens is 463 g/mol. The van der Waals surface area contributed by atoms with Gasteiger partial charge < -0.3 is 14.7 Å². The molecule has 0 radical (unpaired) electrons. The first-order valence-electron chi connectivity index (χ1n) is 12.7. The lowest BCUT2D eigenvalue weighted by molar-refractivity contribution is -0.119. The fourth-order valence-corrected chi connectivity index (χ4v) is 5.41. The zero-order valence-electron chi connectivity index (χ0n) is 21.7. The van der Waals surface area contributed by atoms with Gasteiger partial charge in [-0.2, -0.15) is 0 Å². The summed E-state index contributed by atoms with van der Waals surface area (Å²) < 4.78 is 14.4. The number of fused-ring (bicyclic) bond motifs is 1. The highest BCUT2D eigenvalue weighted by Gasteiger charge is 2.25. The maximum atomic E-state index is 14.4. The van der Waals surface area contributed by atoms with E-state index in [0.29, 0.717) is 47.3 Å². The van der Waals surface area contributed by atoms with Crippen LogP contribution >= 0.6 is 11.3 Å². The van der Waals surface area contributed by atoms with Crippen molar-refractivity contribution in [2.75, 3.05) is 37.6 Å². The fraction of sp³-hybridized carbons (Fsp3) is 0.593. The van der Waals surface area contributed by atoms with Crippen molar-refractivity contribution in [3.8, 4) is 0 Å². The van der Waals surface area contributed by atoms with E-state index < -0.39 is 0 Å². The van der Waals surface area contributed by atoms with Crippen LogP contribution in [0.2, 0.25) is 0 Å². The number of halogens is 1. The molecule has 2 aromatic rings. The molecule has 0 saturated carbocycles. The summed E-state index contributed by atoms with van der Waals surface area (Å²) in [6.07, 6.45) is 2.10. The van der Waals surface area contributed by atoms with Gasteiger partial charge in [-0.25, -0.2) is 9.37 Å². The van der Waals surface area contributed by atoms with Gasteiger partial charge in [-0.3, -0.25) is 9.59 Å². The van der Waals surface area contributed by atoms with Gasteiger partial charge in [0.2, 0.25) is 5.91 Å². The molecule has 0 aliphatic carbocycles. The summed E-state index contributed by atoms with van der Waals surface area (Å²) in [7, 11) is 0. The van der Waals surface area contributed by atoms with Crippen molar-refractivity contribution in [3.63, 3.8) is 0 Å². The Morgan fingerprint density at radius 2 is 1.77 bits per heavy atom. The lowest BCUT2D eigenvalue weighted by Crippen LogP contribution is -2.40. The normalized spacial score (nSPS) is 16.2. The van der Waals surface area contributed by atoms with E-state index in [-0.39, 0.29) is 30.1 Å². The lowest BCUT2D eigenvalue weighted by Gasteiger charge is -2.32. The van der Waals surface area contributed by atoms with Crippen LogP contribution < -0.4 is 4.90 Å². The number of rotatable bonds is 5. The Morgan fingerprint density at radius 3 is 2.40 bits per heavy atom. The van der Waals surface area contributed by atoms with Crippen molar-refractivity contribution < 1.29 is 14.0 Å². The van der Waals surface area contributed by atoms with E-state index in [1.165, 1.54) is 23.5 Å². The number of aromatic nitrogens is 1. The fourth-order valence-electron chi connectivity index (χ4n) is 4.64. The standard InChI is InChI=1S/C27H39FN4O2S/c1-19(2)14-25(33)32-13-7-11-30(16-20(3)4)10-6-12-31(27(34)26-21(5)29-18-35-26)17-22-15-23(28)8-9-24(22)32/h8-9,15,18-20H,6-7,10-14,16-17H2,1-5H3. The summed E-state index contributed by atoms with van der Waals surface area (Å²) in [4.78, 5) is 37.7. The van der Waals surface area contributed by atoms with Crippen LogP contribution in [0.4, 0.5) is 10.1 Å². The smallest absolute Gasteiger partial charge is 0.266 e. The molecule has 8 heteroatoms. The van der Waals surface area contributed by atoms with Crippen molar-refractivity contribution in [2.24, 2.45) is 11.8 Å². The number of benzene rings is 1. The van der Waals surface area contributed by atoms with Crippen LogP contribution in [-0.4, -0.2) is 59.3 Å². The van der Waals surface area contributed by atoms with E-state index in [4.69, 9.17) is 0 Å². The van der Waals surface area contributed by atoms with E-state index in [9.17, 15) is 14.0 Å². The molecule has 3 rings (SSSR count). The molecule has 0 spiro atoms. The van der Waals surface area contributed by atoms with Crippen LogP contribution in [0.3, 0.4) is 0 Å². The summed E-state index contributed by atoms with van der Waals surface area (Å²) in [6, 6.07) is 4.58. The molecule has 0 atom stereocenters. The van der Waals surface area contributed by atoms with E-state index in [1.54, 1.807) is 16.5 Å². The number of carbonyl (C=O) groups is 2. The van der Waals surface area contributed by atoms with Crippen LogP contribution in [0, 0.1) is 24.6 Å². The third kappa shape index (κ3) is 7.58. The SMILES string of the molecule is Cc1ncsc1C(=O)N1CCCN(CC(C)C)CCCN(C(=O)CC(C)C)c2ccc(F)cc2C1. The molecule has 192 valence electrons. The number of hydrogen-bond acceptors (Lipinski definition) is 5. The summed E-state index contributed by atoms with van der Waals surface area (Å²) in [5.74, 6) is 0.335. The number of amides is 2. The Kier molecular flexibility index (Phi) is 9.80. The minimum absolute atomic E-state index is 0.0384. The van der Waals surface area contributed by atoms with Gasteiger partial charge in [0.25, 0.3) is 5.91 Å². The molecule has 0 fully saturated rings. The summed E-state index contributed by atoms with van der Waals surface area (Å²) in [5, 5.41) is 0. The highest BCUT2D eigenvalue weighted by molar-refractivity contribution is 7.11. The molecule has 2 amide bonds. The van der Waals surface area contributed by atoms with Gasteiger partial charge in [-0.05, 0) is 68.5 Å². The van der Waals surface area contributed by atoms with E-state index >= 15 is 0 Å². The molecule has 35 heavy (non-hydrogen) atoms. The minimum Gasteiger partial charge on any atom is -0.333 e. The van der Waals surface area contributed by atoms with Gasteiger partial charge in [0.05, 0.1) is 11.2 Å². The van der Waals surface area contributed by atoms with Crippen molar-refractivity contribution in [1.82, 2.24) is 14.8 Å². The zero-order chi connectivity index (χ0) is 25.5. The number of carbonyl (C=O) groups excluding carboxylic acids is 2. The van der Waals surface area contributed by atoms with Crippen molar-refractivity contribution in [1.29, 1.82) is 0 Å². The predicted molar refractivity (Wildman–Crippen MR) is 140 cm³/mol. The van der Waals surface area contributed by atoms with Crippen LogP contribution in [0.15, 0.2) is 23.7 Å². The molecular formula is C27H39FN4O2S. The van der Waals surface area contributed by atoms with Gasteiger partial charge in [-0.1, -0.05) is 27.7 Å². The number of aryl methyl sites for hydroxylation is 1. The van der Waals surface area contributed by atoms with Crippen molar-refractivity contribution in [2.45, 2.75) is 60.4 Å². The maximum Gasteiger partial charge on any atom is 0.266 e. The third-order valence-corrected chi connectivity index (χ3v) is 7.10. The van der Waals surface area contributed by atoms with Crippen LogP contribution in [0.5, 0.6) is 0 Å². The third-order valence-electron chi connectivity index (χ3n) is 6.19. The molecule has 0 N–H and O–H groups in total. The van der Waals surface area contributed by atoms with Crippen LogP contribution in [0.25, 0.3) is 0 Å². The number of anilines is 1. The van der Waals surface area contributed by atoms with Gasteiger partial charge in [0.1, 0.15) is 10.7 Å². The number of nitrogens with zero attached hydrogens (tertiary/aromatic N) is 4. The molecule has 0 saturated heterocycles. The van der Waals surface area contributed by atoms with Gasteiger partial charge >= 0.3 is 0 Å². The second-order valence-electron chi connectivity index (χ2n) is 10.3. The monoisotopic (exact) mass is 502 g/mol. The summed E-state index contributed by atoms with van der Waals surface area (Å²) >= 11 is 1.33. The van der Waals surface area contributed by atoms with Crippen molar-refractivity contribution in [3.05, 3.63) is 45.7 Å². The minimum atomic E-state index is -0.364. The molecule has 2 heterocycles. The second kappa shape index (κ2) is 12.6. The summed E-state index contributed by atoms with van der Waals surface area (Å²) in [5.41, 5.74) is 3.76. The highest BCUT2D eigenvalue weighted by atomic mass is 32.1. The zero-order valence-corrected chi connectivity index (χ0v) is 22.5. The molecule has 1 aliphatic heterocycles. The molecule has 1 aliphatic rings. The topological polar surface area (TPSA) is 56.8 Å². The highest BCUT2D eigenvalue weighted by Crippen LogP contribution is 2.27. The maximum absolute atomic E-state index is 14.4. The second-order valence-corrected chi connectivity index (χ2v) is 11.2. The quantitative estimate of drug-likeness (QED) is 0.552. The van der Waals surface area contributed by atoms with Crippen molar-refractivity contribution >= 4 is 28.8 Å². The Labute approximate surface area is 213 Å². The molecule has 6 nitrogen and oxygen atoms in total. The van der Waals surface area contributed by atoms with Gasteiger partial charge in [-0.15, -0.1) is 11.3 Å². The molecule has 1 aromatic carbocycles. The van der Waals surface area contributed by atoms with E-state index in [1.807, 2.05) is 25.7 Å². The Hall–Kier alpha value is -2.32. The molecule has 0 bridgehead atoms. The first-order chi connectivity index (χ1) is 16.7. The van der Waals surface area contributed by atoms with Gasteiger partial charge in [0, 0.05) is 38.3 Å². The first-order valence-corrected chi connectivity index (χ1v) is 13.5. The summed E-state index contributed by atoms with van der Waals surface area (Å²) in [6.45, 7) is 14.4. The predicted octanol–water partition coefficient (Wildman–Crippen LogP) is 5.36. The average Bonchev–Trinajstić information content (AvgIpc) is 3.20. The van der Waals surface area contributed by atoms with Crippen LogP contribution in [-0.2, 0) is 11.3 Å². The molecule has 0 unspecified atom stereocenters.